The zero-order valence-electron chi connectivity index (χ0n) is 8.91. The van der Waals surface area contributed by atoms with Crippen LogP contribution in [0.1, 0.15) is 11.6 Å². The Kier molecular flexibility index (Phi) is 2.81. The molecule has 1 aromatic carbocycles. The number of hydrogen-bond donors (Lipinski definition) is 1. The van der Waals surface area contributed by atoms with Crippen molar-refractivity contribution in [2.75, 3.05) is 6.61 Å². The van der Waals surface area contributed by atoms with Crippen LogP contribution in [0.15, 0.2) is 35.6 Å². The van der Waals surface area contributed by atoms with E-state index in [2.05, 4.69) is 10.0 Å². The van der Waals surface area contributed by atoms with Crippen LogP contribution in [0.4, 0.5) is 0 Å². The van der Waals surface area contributed by atoms with Crippen molar-refractivity contribution in [3.05, 3.63) is 46.5 Å². The normalized spacial score (nSPS) is 12.4. The quantitative estimate of drug-likeness (QED) is 0.477. The summed E-state index contributed by atoms with van der Waals surface area (Å²) in [4.78, 5) is 2.73. The number of aliphatic hydroxyl groups is 1. The van der Waals surface area contributed by atoms with Gasteiger partial charge in [-0.05, 0) is 34.7 Å². The summed E-state index contributed by atoms with van der Waals surface area (Å²) >= 11 is 0. The van der Waals surface area contributed by atoms with E-state index in [1.54, 1.807) is 0 Å². The Labute approximate surface area is 92.6 Å². The van der Waals surface area contributed by atoms with Gasteiger partial charge in [-0.15, -0.1) is 0 Å². The van der Waals surface area contributed by atoms with Gasteiger partial charge in [-0.2, -0.15) is 0 Å². The van der Waals surface area contributed by atoms with Gasteiger partial charge < -0.3 is 9.67 Å². The lowest BCUT2D eigenvalue weighted by Crippen LogP contribution is -1.99. The van der Waals surface area contributed by atoms with Gasteiger partial charge in [-0.3, -0.25) is 0 Å². The van der Waals surface area contributed by atoms with E-state index in [-0.39, 0.29) is 6.61 Å². The monoisotopic (exact) mass is 216 g/mol. The molecule has 0 radical (unpaired) electrons. The first-order valence-electron chi connectivity index (χ1n) is 4.96. The third-order valence-corrected chi connectivity index (χ3v) is 2.66. The Morgan fingerprint density at radius 2 is 2.31 bits per heavy atom. The van der Waals surface area contributed by atoms with Gasteiger partial charge in [0.05, 0.1) is 12.6 Å². The first-order chi connectivity index (χ1) is 7.76. The van der Waals surface area contributed by atoms with Crippen LogP contribution in [0.2, 0.25) is 0 Å². The van der Waals surface area contributed by atoms with Crippen molar-refractivity contribution in [2.24, 2.45) is 12.2 Å². The van der Waals surface area contributed by atoms with E-state index in [9.17, 15) is 0 Å². The summed E-state index contributed by atoms with van der Waals surface area (Å²) < 4.78 is 2.01. The van der Waals surface area contributed by atoms with E-state index < -0.39 is 6.04 Å². The van der Waals surface area contributed by atoms with Gasteiger partial charge in [0.15, 0.2) is 0 Å². The minimum atomic E-state index is -0.505. The largest absolute Gasteiger partial charge is 0.396 e. The molecular weight excluding hydrogens is 204 g/mol. The maximum absolute atomic E-state index is 9.12. The van der Waals surface area contributed by atoms with Crippen molar-refractivity contribution in [3.8, 4) is 0 Å². The highest BCUT2D eigenvalue weighted by atomic mass is 16.3. The molecule has 0 saturated heterocycles. The molecule has 1 aromatic heterocycles. The van der Waals surface area contributed by atoms with Crippen molar-refractivity contribution in [2.45, 2.75) is 6.04 Å². The molecule has 0 aliphatic carbocycles. The number of azide groups is 1. The minimum absolute atomic E-state index is 0.178. The second-order valence-electron chi connectivity index (χ2n) is 3.65. The topological polar surface area (TPSA) is 73.9 Å². The summed E-state index contributed by atoms with van der Waals surface area (Å²) in [5, 5.41) is 13.7. The van der Waals surface area contributed by atoms with Crippen LogP contribution in [0.5, 0.6) is 0 Å². The molecule has 1 N–H and O–H groups in total. The first-order valence-corrected chi connectivity index (χ1v) is 4.96. The fourth-order valence-electron chi connectivity index (χ4n) is 1.78. The average molecular weight is 216 g/mol. The number of aliphatic hydroxyl groups excluding tert-OH is 1. The van der Waals surface area contributed by atoms with Crippen molar-refractivity contribution in [3.63, 3.8) is 0 Å². The van der Waals surface area contributed by atoms with E-state index in [1.807, 2.05) is 42.1 Å². The smallest absolute Gasteiger partial charge is 0.0856 e. The summed E-state index contributed by atoms with van der Waals surface area (Å²) in [5.41, 5.74) is 10.3. The van der Waals surface area contributed by atoms with Gasteiger partial charge in [0.1, 0.15) is 0 Å². The first kappa shape index (κ1) is 10.5. The molecule has 0 fully saturated rings. The summed E-state index contributed by atoms with van der Waals surface area (Å²) in [7, 11) is 1.97. The second-order valence-corrected chi connectivity index (χ2v) is 3.65. The third-order valence-electron chi connectivity index (χ3n) is 2.66. The molecule has 2 aromatic rings. The zero-order chi connectivity index (χ0) is 11.5. The van der Waals surface area contributed by atoms with Gasteiger partial charge in [0.2, 0.25) is 0 Å². The molecule has 0 aliphatic heterocycles. The van der Waals surface area contributed by atoms with E-state index in [4.69, 9.17) is 10.6 Å². The number of aryl methyl sites for hydroxylation is 1. The molecule has 1 atom stereocenters. The van der Waals surface area contributed by atoms with Gasteiger partial charge in [0.25, 0.3) is 0 Å². The maximum Gasteiger partial charge on any atom is 0.0856 e. The highest BCUT2D eigenvalue weighted by molar-refractivity contribution is 5.80. The SMILES string of the molecule is Cn1ccc2cc(C(CO)N=[N+]=[N-])ccc21. The highest BCUT2D eigenvalue weighted by Crippen LogP contribution is 2.23. The summed E-state index contributed by atoms with van der Waals surface area (Å²) in [6, 6.07) is 7.25. The van der Waals surface area contributed by atoms with Gasteiger partial charge in [-0.25, -0.2) is 0 Å². The van der Waals surface area contributed by atoms with Gasteiger partial charge >= 0.3 is 0 Å². The van der Waals surface area contributed by atoms with Crippen LogP contribution in [-0.2, 0) is 7.05 Å². The predicted molar refractivity (Wildman–Crippen MR) is 61.9 cm³/mol. The molecule has 2 rings (SSSR count). The fraction of sp³-hybridized carbons (Fsp3) is 0.273. The number of fused-ring (bicyclic) bond motifs is 1. The molecule has 0 spiro atoms. The van der Waals surface area contributed by atoms with Crippen molar-refractivity contribution >= 4 is 10.9 Å². The number of hydrogen-bond acceptors (Lipinski definition) is 2. The Bertz CT molecular complexity index is 554. The van der Waals surface area contributed by atoms with Crippen LogP contribution in [-0.4, -0.2) is 16.3 Å². The van der Waals surface area contributed by atoms with Crippen LogP contribution in [0.25, 0.3) is 21.3 Å². The lowest BCUT2D eigenvalue weighted by Gasteiger charge is -2.08. The summed E-state index contributed by atoms with van der Waals surface area (Å²) in [6.45, 7) is -0.178. The van der Waals surface area contributed by atoms with Crippen LogP contribution in [0, 0.1) is 0 Å². The number of rotatable bonds is 3. The molecular formula is C11H12N4O. The molecule has 0 bridgehead atoms. The summed E-state index contributed by atoms with van der Waals surface area (Å²) in [6.07, 6.45) is 1.97. The molecule has 5 heteroatoms. The summed E-state index contributed by atoms with van der Waals surface area (Å²) in [5.74, 6) is 0. The van der Waals surface area contributed by atoms with Crippen molar-refractivity contribution < 1.29 is 5.11 Å². The highest BCUT2D eigenvalue weighted by Gasteiger charge is 2.09. The Balaban J connectivity index is 2.49. The van der Waals surface area contributed by atoms with Crippen molar-refractivity contribution in [1.29, 1.82) is 0 Å². The van der Waals surface area contributed by atoms with Crippen LogP contribution >= 0.6 is 0 Å². The number of nitrogens with zero attached hydrogens (tertiary/aromatic N) is 4. The van der Waals surface area contributed by atoms with Crippen LogP contribution in [0.3, 0.4) is 0 Å². The fourth-order valence-corrected chi connectivity index (χ4v) is 1.78. The lowest BCUT2D eigenvalue weighted by atomic mass is 10.1. The van der Waals surface area contributed by atoms with Gasteiger partial charge in [0, 0.05) is 23.7 Å². The van der Waals surface area contributed by atoms with E-state index in [0.29, 0.717) is 0 Å². The molecule has 16 heavy (non-hydrogen) atoms. The van der Waals surface area contributed by atoms with Crippen LogP contribution < -0.4 is 0 Å². The molecule has 0 saturated carbocycles. The molecule has 0 amide bonds. The standard InChI is InChI=1S/C11H12N4O/c1-15-5-4-9-6-8(2-3-11(9)15)10(7-16)13-14-12/h2-6,10,16H,7H2,1H3. The minimum Gasteiger partial charge on any atom is -0.396 e. The Morgan fingerprint density at radius 1 is 1.50 bits per heavy atom. The third kappa shape index (κ3) is 1.74. The molecule has 1 heterocycles. The van der Waals surface area contributed by atoms with E-state index in [0.717, 1.165) is 16.5 Å². The van der Waals surface area contributed by atoms with E-state index in [1.165, 1.54) is 0 Å². The van der Waals surface area contributed by atoms with Gasteiger partial charge in [-0.1, -0.05) is 11.2 Å². The molecule has 82 valence electrons. The lowest BCUT2D eigenvalue weighted by molar-refractivity contribution is 0.268. The zero-order valence-corrected chi connectivity index (χ0v) is 8.91. The Hall–Kier alpha value is -1.97. The second kappa shape index (κ2) is 4.26. The average Bonchev–Trinajstić information content (AvgIpc) is 2.67. The molecule has 5 nitrogen and oxygen atoms in total. The van der Waals surface area contributed by atoms with Crippen molar-refractivity contribution in [1.82, 2.24) is 4.57 Å². The molecule has 1 unspecified atom stereocenters. The molecule has 0 aliphatic rings. The number of aromatic nitrogens is 1. The number of benzene rings is 1. The van der Waals surface area contributed by atoms with E-state index >= 15 is 0 Å². The predicted octanol–water partition coefficient (Wildman–Crippen LogP) is 2.52. The Morgan fingerprint density at radius 3 is 3.00 bits per heavy atom. The maximum atomic E-state index is 9.12.